The Morgan fingerprint density at radius 1 is 1.30 bits per heavy atom. The van der Waals surface area contributed by atoms with Gasteiger partial charge in [-0.15, -0.1) is 0 Å². The molecule has 0 saturated carbocycles. The maximum Gasteiger partial charge on any atom is 0.251 e. The molecule has 1 amide bonds. The lowest BCUT2D eigenvalue weighted by Gasteiger charge is -2.18. The van der Waals surface area contributed by atoms with Gasteiger partial charge in [0, 0.05) is 53.2 Å². The van der Waals surface area contributed by atoms with Gasteiger partial charge in [0.25, 0.3) is 5.91 Å². The second kappa shape index (κ2) is 6.88. The first-order chi connectivity index (χ1) is 9.21. The van der Waals surface area contributed by atoms with E-state index in [1.54, 1.807) is 6.07 Å². The predicted octanol–water partition coefficient (Wildman–Crippen LogP) is 2.03. The zero-order valence-electron chi connectivity index (χ0n) is 12.9. The fourth-order valence-electron chi connectivity index (χ4n) is 1.59. The Kier molecular flexibility index (Phi) is 5.74. The molecule has 20 heavy (non-hydrogen) atoms. The molecule has 0 aromatic heterocycles. The summed E-state index contributed by atoms with van der Waals surface area (Å²) in [6, 6.07) is 7.43. The van der Waals surface area contributed by atoms with Crippen molar-refractivity contribution in [2.75, 3.05) is 31.3 Å². The van der Waals surface area contributed by atoms with Crippen molar-refractivity contribution in [2.45, 2.75) is 25.5 Å². The number of nitrogens with one attached hydrogen (secondary N) is 1. The smallest absolute Gasteiger partial charge is 0.251 e. The lowest BCUT2D eigenvalue weighted by atomic mass is 10.2. The summed E-state index contributed by atoms with van der Waals surface area (Å²) in [5.74, 6) is 0.349. The van der Waals surface area contributed by atoms with E-state index in [1.807, 2.05) is 58.0 Å². The van der Waals surface area contributed by atoms with E-state index in [4.69, 9.17) is 0 Å². The number of carbonyl (C=O) groups is 1. The van der Waals surface area contributed by atoms with E-state index in [0.717, 1.165) is 5.69 Å². The molecule has 0 heterocycles. The second-order valence-electron chi connectivity index (χ2n) is 5.86. The van der Waals surface area contributed by atoms with Gasteiger partial charge in [-0.2, -0.15) is 0 Å². The molecule has 0 bridgehead atoms. The molecule has 0 aliphatic rings. The van der Waals surface area contributed by atoms with Crippen LogP contribution in [-0.2, 0) is 10.8 Å². The van der Waals surface area contributed by atoms with Crippen molar-refractivity contribution in [3.05, 3.63) is 29.8 Å². The summed E-state index contributed by atoms with van der Waals surface area (Å²) in [5.41, 5.74) is 1.61. The summed E-state index contributed by atoms with van der Waals surface area (Å²) in [7, 11) is 2.92. The van der Waals surface area contributed by atoms with E-state index in [2.05, 4.69) is 5.32 Å². The molecule has 5 heteroatoms. The summed E-state index contributed by atoms with van der Waals surface area (Å²) in [6.45, 7) is 6.23. The molecule has 0 unspecified atom stereocenters. The van der Waals surface area contributed by atoms with Gasteiger partial charge < -0.3 is 10.2 Å². The predicted molar refractivity (Wildman–Crippen MR) is 85.9 cm³/mol. The Hall–Kier alpha value is -1.36. The molecule has 1 aromatic carbocycles. The third kappa shape index (κ3) is 4.96. The Labute approximate surface area is 124 Å². The van der Waals surface area contributed by atoms with Gasteiger partial charge in [-0.3, -0.25) is 9.00 Å². The Balaban J connectivity index is 2.56. The number of carbonyl (C=O) groups excluding carboxylic acids is 1. The van der Waals surface area contributed by atoms with Crippen molar-refractivity contribution in [2.24, 2.45) is 0 Å². The first-order valence-electron chi connectivity index (χ1n) is 6.66. The van der Waals surface area contributed by atoms with Crippen LogP contribution < -0.4 is 10.2 Å². The Morgan fingerprint density at radius 2 is 1.95 bits per heavy atom. The fraction of sp³-hybridized carbons (Fsp3) is 0.533. The molecule has 0 radical (unpaired) electrons. The summed E-state index contributed by atoms with van der Waals surface area (Å²) < 4.78 is 11.6. The van der Waals surface area contributed by atoms with Gasteiger partial charge in [0.1, 0.15) is 0 Å². The minimum absolute atomic E-state index is 0.125. The molecule has 1 atom stereocenters. The van der Waals surface area contributed by atoms with Crippen molar-refractivity contribution >= 4 is 22.4 Å². The van der Waals surface area contributed by atoms with Crippen LogP contribution in [0.4, 0.5) is 5.69 Å². The average Bonchev–Trinajstić information content (AvgIpc) is 2.37. The van der Waals surface area contributed by atoms with E-state index in [0.29, 0.717) is 17.9 Å². The second-order valence-corrected chi connectivity index (χ2v) is 8.19. The third-order valence-electron chi connectivity index (χ3n) is 2.88. The molecule has 1 aromatic rings. The van der Waals surface area contributed by atoms with Crippen molar-refractivity contribution < 1.29 is 9.00 Å². The van der Waals surface area contributed by atoms with Crippen molar-refractivity contribution in [1.82, 2.24) is 5.32 Å². The van der Waals surface area contributed by atoms with Gasteiger partial charge in [-0.1, -0.05) is 6.07 Å². The van der Waals surface area contributed by atoms with Gasteiger partial charge in [0.05, 0.1) is 0 Å². The highest BCUT2D eigenvalue weighted by Crippen LogP contribution is 2.13. The van der Waals surface area contributed by atoms with Crippen LogP contribution in [0.3, 0.4) is 0 Å². The van der Waals surface area contributed by atoms with E-state index in [1.165, 1.54) is 0 Å². The van der Waals surface area contributed by atoms with E-state index >= 15 is 0 Å². The zero-order valence-corrected chi connectivity index (χ0v) is 13.7. The molecule has 0 aliphatic carbocycles. The van der Waals surface area contributed by atoms with Crippen LogP contribution in [0.15, 0.2) is 24.3 Å². The third-order valence-corrected chi connectivity index (χ3v) is 4.82. The lowest BCUT2D eigenvalue weighted by molar-refractivity contribution is 0.0956. The van der Waals surface area contributed by atoms with Crippen LogP contribution in [0.5, 0.6) is 0 Å². The van der Waals surface area contributed by atoms with Crippen molar-refractivity contribution in [3.8, 4) is 0 Å². The minimum Gasteiger partial charge on any atom is -0.378 e. The maximum absolute atomic E-state index is 12.0. The highest BCUT2D eigenvalue weighted by molar-refractivity contribution is 7.86. The van der Waals surface area contributed by atoms with Gasteiger partial charge in [0.15, 0.2) is 0 Å². The number of nitrogens with zero attached hydrogens (tertiary/aromatic N) is 1. The molecule has 0 spiro atoms. The number of anilines is 1. The van der Waals surface area contributed by atoms with Crippen molar-refractivity contribution in [3.63, 3.8) is 0 Å². The summed E-state index contributed by atoms with van der Waals surface area (Å²) in [4.78, 5) is 14.0. The standard InChI is InChI=1S/C15H24N2O2S/c1-15(2,3)20(19)10-9-16-14(18)12-7-6-8-13(11-12)17(4)5/h6-8,11H,9-10H2,1-5H3,(H,16,18)/t20-/m1/s1. The molecule has 112 valence electrons. The number of rotatable bonds is 5. The Morgan fingerprint density at radius 3 is 2.50 bits per heavy atom. The molecule has 4 nitrogen and oxygen atoms in total. The number of hydrogen-bond donors (Lipinski definition) is 1. The molecule has 1 rings (SSSR count). The van der Waals surface area contributed by atoms with E-state index in [9.17, 15) is 9.00 Å². The average molecular weight is 296 g/mol. The fourth-order valence-corrected chi connectivity index (χ4v) is 2.49. The van der Waals surface area contributed by atoms with Crippen LogP contribution in [0.1, 0.15) is 31.1 Å². The summed E-state index contributed by atoms with van der Waals surface area (Å²) >= 11 is 0. The van der Waals surface area contributed by atoms with Crippen LogP contribution in [0.25, 0.3) is 0 Å². The summed E-state index contributed by atoms with van der Waals surface area (Å²) in [5, 5.41) is 2.82. The largest absolute Gasteiger partial charge is 0.378 e. The normalized spacial score (nSPS) is 12.8. The van der Waals surface area contributed by atoms with Gasteiger partial charge in [0.2, 0.25) is 0 Å². The quantitative estimate of drug-likeness (QED) is 0.904. The molecular weight excluding hydrogens is 272 g/mol. The molecule has 0 aliphatic heterocycles. The maximum atomic E-state index is 12.0. The lowest BCUT2D eigenvalue weighted by Crippen LogP contribution is -2.32. The van der Waals surface area contributed by atoms with E-state index < -0.39 is 10.8 Å². The Bertz CT molecular complexity index is 493. The number of benzene rings is 1. The monoisotopic (exact) mass is 296 g/mol. The van der Waals surface area contributed by atoms with E-state index in [-0.39, 0.29) is 10.7 Å². The van der Waals surface area contributed by atoms with Crippen LogP contribution in [0.2, 0.25) is 0 Å². The first kappa shape index (κ1) is 16.7. The summed E-state index contributed by atoms with van der Waals surface area (Å²) in [6.07, 6.45) is 0. The van der Waals surface area contributed by atoms with Crippen LogP contribution in [-0.4, -0.2) is 41.3 Å². The SMILES string of the molecule is CN(C)c1cccc(C(=O)NCC[S@@](=O)C(C)(C)C)c1. The van der Waals surface area contributed by atoms with Crippen LogP contribution in [0, 0.1) is 0 Å². The highest BCUT2D eigenvalue weighted by Gasteiger charge is 2.19. The minimum atomic E-state index is -0.945. The molecule has 1 N–H and O–H groups in total. The molecule has 0 fully saturated rings. The van der Waals surface area contributed by atoms with Gasteiger partial charge >= 0.3 is 0 Å². The molecular formula is C15H24N2O2S. The highest BCUT2D eigenvalue weighted by atomic mass is 32.2. The number of hydrogen-bond acceptors (Lipinski definition) is 3. The van der Waals surface area contributed by atoms with Crippen molar-refractivity contribution in [1.29, 1.82) is 0 Å². The number of amides is 1. The van der Waals surface area contributed by atoms with Crippen LogP contribution >= 0.6 is 0 Å². The molecule has 0 saturated heterocycles. The first-order valence-corrected chi connectivity index (χ1v) is 7.98. The topological polar surface area (TPSA) is 49.4 Å². The van der Waals surface area contributed by atoms with Gasteiger partial charge in [-0.25, -0.2) is 0 Å². The zero-order chi connectivity index (χ0) is 15.3. The van der Waals surface area contributed by atoms with Gasteiger partial charge in [-0.05, 0) is 39.0 Å².